The molecule has 0 N–H and O–H groups in total. The van der Waals surface area contributed by atoms with Gasteiger partial charge in [-0.05, 0) is 54.2 Å². The van der Waals surface area contributed by atoms with Crippen molar-refractivity contribution >= 4 is 31.8 Å². The van der Waals surface area contributed by atoms with Gasteiger partial charge in [0.05, 0.1) is 0 Å². The minimum Gasteiger partial charge on any atom is -0.538 e. The number of rotatable bonds is 6. The van der Waals surface area contributed by atoms with Crippen molar-refractivity contribution in [2.24, 2.45) is 0 Å². The third kappa shape index (κ3) is 5.72. The third-order valence-electron chi connectivity index (χ3n) is 4.04. The lowest BCUT2D eigenvalue weighted by Crippen LogP contribution is -2.40. The first-order chi connectivity index (χ1) is 11.3. The van der Waals surface area contributed by atoms with Crippen molar-refractivity contribution in [3.05, 3.63) is 65.2 Å². The second kappa shape index (κ2) is 8.27. The number of hydrogen-bond acceptors (Lipinski definition) is 4. The van der Waals surface area contributed by atoms with Crippen molar-refractivity contribution in [2.75, 3.05) is 0 Å². The highest BCUT2D eigenvalue weighted by atomic mass is 32.2. The summed E-state index contributed by atoms with van der Waals surface area (Å²) >= 11 is 3.28. The Morgan fingerprint density at radius 3 is 2.29 bits per heavy atom. The van der Waals surface area contributed by atoms with Gasteiger partial charge < -0.3 is 4.43 Å². The zero-order chi connectivity index (χ0) is 17.6. The van der Waals surface area contributed by atoms with Gasteiger partial charge in [0.25, 0.3) is 8.32 Å². The molecule has 0 saturated carbocycles. The van der Waals surface area contributed by atoms with Crippen LogP contribution in [0, 0.1) is 0 Å². The van der Waals surface area contributed by atoms with Crippen LogP contribution in [0.4, 0.5) is 0 Å². The van der Waals surface area contributed by atoms with E-state index < -0.39 is 8.32 Å². The average molecular weight is 376 g/mol. The first-order valence-corrected chi connectivity index (χ1v) is 12.6. The largest absolute Gasteiger partial charge is 0.538 e. The second-order valence-electron chi connectivity index (χ2n) is 7.00. The highest BCUT2D eigenvalue weighted by molar-refractivity contribution is 8.06. The Hall–Kier alpha value is -1.17. The number of benzene rings is 1. The smallest absolute Gasteiger partial charge is 0.251 e. The molecule has 1 heterocycles. The Morgan fingerprint density at radius 1 is 1.04 bits per heavy atom. The van der Waals surface area contributed by atoms with E-state index in [1.54, 1.807) is 23.5 Å². The molecular formula is C19H25NOS2Si. The highest BCUT2D eigenvalue weighted by Crippen LogP contribution is 2.41. The van der Waals surface area contributed by atoms with Gasteiger partial charge in [-0.1, -0.05) is 56.8 Å². The molecule has 0 aliphatic carbocycles. The number of hydrogen-bond donors (Lipinski definition) is 0. The van der Waals surface area contributed by atoms with E-state index in [0.717, 1.165) is 10.1 Å². The van der Waals surface area contributed by atoms with Gasteiger partial charge in [-0.25, -0.2) is 4.98 Å². The normalized spacial score (nSPS) is 13.0. The summed E-state index contributed by atoms with van der Waals surface area (Å²) in [6.07, 6.45) is 1.82. The van der Waals surface area contributed by atoms with Crippen LogP contribution < -0.4 is 0 Å². The van der Waals surface area contributed by atoms with Crippen LogP contribution in [-0.2, 0) is 4.43 Å². The van der Waals surface area contributed by atoms with Crippen LogP contribution in [0.3, 0.4) is 0 Å². The summed E-state index contributed by atoms with van der Waals surface area (Å²) in [7, 11) is -1.89. The molecule has 0 saturated heterocycles. The average Bonchev–Trinajstić information content (AvgIpc) is 2.53. The fourth-order valence-electron chi connectivity index (χ4n) is 1.60. The summed E-state index contributed by atoms with van der Waals surface area (Å²) in [5, 5.41) is 4.15. The van der Waals surface area contributed by atoms with E-state index in [-0.39, 0.29) is 5.04 Å². The highest BCUT2D eigenvalue weighted by Gasteiger charge is 2.39. The van der Waals surface area contributed by atoms with Crippen molar-refractivity contribution in [2.45, 2.75) is 48.8 Å². The second-order valence-corrected chi connectivity index (χ2v) is 13.7. The van der Waals surface area contributed by atoms with Crippen LogP contribution in [0.25, 0.3) is 0 Å². The Balaban J connectivity index is 2.20. The van der Waals surface area contributed by atoms with Crippen molar-refractivity contribution in [1.82, 2.24) is 4.98 Å². The van der Waals surface area contributed by atoms with Crippen molar-refractivity contribution in [3.8, 4) is 0 Å². The van der Waals surface area contributed by atoms with Gasteiger partial charge in [0.2, 0.25) is 0 Å². The number of nitrogens with zero attached hydrogens (tertiary/aromatic N) is 1. The maximum Gasteiger partial charge on any atom is 0.251 e. The minimum atomic E-state index is -1.89. The SMILES string of the molecule is CC(C)(C)[Si](C)(C)O/C(=C\Sc1ccccc1)Sc1ccccn1. The lowest BCUT2D eigenvalue weighted by atomic mass is 10.2. The van der Waals surface area contributed by atoms with Gasteiger partial charge in [0.1, 0.15) is 5.03 Å². The predicted octanol–water partition coefficient (Wildman–Crippen LogP) is 6.79. The lowest BCUT2D eigenvalue weighted by molar-refractivity contribution is 0.418. The zero-order valence-corrected chi connectivity index (χ0v) is 17.6. The molecule has 0 bridgehead atoms. The number of aromatic nitrogens is 1. The molecule has 0 unspecified atom stereocenters. The van der Waals surface area contributed by atoms with E-state index in [2.05, 4.69) is 68.5 Å². The summed E-state index contributed by atoms with van der Waals surface area (Å²) < 4.78 is 6.53. The molecule has 0 amide bonds. The van der Waals surface area contributed by atoms with Crippen molar-refractivity contribution < 1.29 is 4.43 Å². The molecule has 0 radical (unpaired) electrons. The van der Waals surface area contributed by atoms with Crippen LogP contribution in [0.1, 0.15) is 20.8 Å². The fraction of sp³-hybridized carbons (Fsp3) is 0.316. The Morgan fingerprint density at radius 2 is 1.71 bits per heavy atom. The van der Waals surface area contributed by atoms with Crippen molar-refractivity contribution in [3.63, 3.8) is 0 Å². The maximum atomic E-state index is 6.53. The quantitative estimate of drug-likeness (QED) is 0.315. The standard InChI is InChI=1S/C19H25NOS2Si/c1-19(2,3)24(4,5)21-18(23-17-13-9-10-14-20-17)15-22-16-11-7-6-8-12-16/h6-15H,1-5H3/b18-15+. The van der Waals surface area contributed by atoms with Gasteiger partial charge in [-0.2, -0.15) is 0 Å². The van der Waals surface area contributed by atoms with E-state index >= 15 is 0 Å². The molecule has 2 rings (SSSR count). The summed E-state index contributed by atoms with van der Waals surface area (Å²) in [6.45, 7) is 11.3. The van der Waals surface area contributed by atoms with Crippen LogP contribution >= 0.6 is 23.5 Å². The van der Waals surface area contributed by atoms with Crippen molar-refractivity contribution in [1.29, 1.82) is 0 Å². The molecule has 5 heteroatoms. The van der Waals surface area contributed by atoms with Crippen LogP contribution in [0.15, 0.2) is 75.1 Å². The molecule has 1 aromatic heterocycles. The van der Waals surface area contributed by atoms with Gasteiger partial charge in [0, 0.05) is 16.5 Å². The molecule has 2 nitrogen and oxygen atoms in total. The molecule has 0 atom stereocenters. The Kier molecular flexibility index (Phi) is 6.60. The summed E-state index contributed by atoms with van der Waals surface area (Å²) in [5.41, 5.74) is 0. The van der Waals surface area contributed by atoms with Gasteiger partial charge in [-0.15, -0.1) is 0 Å². The van der Waals surface area contributed by atoms with E-state index in [1.807, 2.05) is 30.5 Å². The monoisotopic (exact) mass is 375 g/mol. The first kappa shape index (κ1) is 19.2. The molecule has 24 heavy (non-hydrogen) atoms. The topological polar surface area (TPSA) is 22.1 Å². The molecule has 0 fully saturated rings. The van der Waals surface area contributed by atoms with Crippen LogP contribution in [0.5, 0.6) is 0 Å². The Labute approximate surface area is 155 Å². The number of pyridine rings is 1. The molecule has 0 aliphatic heterocycles. The first-order valence-electron chi connectivity index (χ1n) is 7.98. The van der Waals surface area contributed by atoms with Gasteiger partial charge in [-0.3, -0.25) is 0 Å². The van der Waals surface area contributed by atoms with Gasteiger partial charge in [0.15, 0.2) is 5.09 Å². The zero-order valence-electron chi connectivity index (χ0n) is 14.9. The Bertz CT molecular complexity index is 667. The molecule has 1 aromatic carbocycles. The third-order valence-corrected chi connectivity index (χ3v) is 10.4. The van der Waals surface area contributed by atoms with Crippen LogP contribution in [0.2, 0.25) is 18.1 Å². The molecule has 2 aromatic rings. The van der Waals surface area contributed by atoms with Crippen LogP contribution in [-0.4, -0.2) is 13.3 Å². The minimum absolute atomic E-state index is 0.161. The predicted molar refractivity (Wildman–Crippen MR) is 109 cm³/mol. The summed E-state index contributed by atoms with van der Waals surface area (Å²) in [6, 6.07) is 16.3. The molecule has 0 aliphatic rings. The molecule has 128 valence electrons. The fourth-order valence-corrected chi connectivity index (χ4v) is 4.74. The summed E-state index contributed by atoms with van der Waals surface area (Å²) in [5.74, 6) is 0. The van der Waals surface area contributed by atoms with E-state index in [4.69, 9.17) is 4.43 Å². The molecular weight excluding hydrogens is 350 g/mol. The van der Waals surface area contributed by atoms with Gasteiger partial charge >= 0.3 is 0 Å². The maximum absolute atomic E-state index is 6.53. The number of thioether (sulfide) groups is 2. The van der Waals surface area contributed by atoms with E-state index in [9.17, 15) is 0 Å². The summed E-state index contributed by atoms with van der Waals surface area (Å²) in [4.78, 5) is 5.62. The van der Waals surface area contributed by atoms with E-state index in [0.29, 0.717) is 0 Å². The lowest BCUT2D eigenvalue weighted by Gasteiger charge is -2.36. The van der Waals surface area contributed by atoms with E-state index in [1.165, 1.54) is 4.90 Å². The molecule has 0 spiro atoms.